The zero-order chi connectivity index (χ0) is 16.9. The van der Waals surface area contributed by atoms with Crippen LogP contribution >= 0.6 is 0 Å². The lowest BCUT2D eigenvalue weighted by molar-refractivity contribution is 0.489. The Balaban J connectivity index is 2.11. The van der Waals surface area contributed by atoms with Gasteiger partial charge in [-0.15, -0.1) is 0 Å². The molecule has 0 aromatic heterocycles. The molecule has 1 aromatic rings. The van der Waals surface area contributed by atoms with E-state index < -0.39 is 10.0 Å². The average molecular weight is 331 g/mol. The number of benzene rings is 1. The number of nitrogens with zero attached hydrogens (tertiary/aromatic N) is 1. The Morgan fingerprint density at radius 1 is 1.22 bits per heavy atom. The first-order valence-electron chi connectivity index (χ1n) is 8.06. The molecule has 23 heavy (non-hydrogen) atoms. The standard InChI is InChI=1S/C19H25NO2S/c1-4-5-6-7-8-9-18-15-20(14-17(18)3)23(21,22)19-12-10-16(2)11-13-19/h7-13H,3-6,14-15H2,1-2H3/b8-7+,18-9-. The molecule has 0 radical (unpaired) electrons. The maximum atomic E-state index is 12.7. The molecule has 0 saturated carbocycles. The Labute approximate surface area is 140 Å². The van der Waals surface area contributed by atoms with E-state index in [1.807, 2.05) is 31.2 Å². The summed E-state index contributed by atoms with van der Waals surface area (Å²) in [5.41, 5.74) is 2.92. The van der Waals surface area contributed by atoms with Gasteiger partial charge in [-0.1, -0.05) is 62.3 Å². The number of hydrogen-bond donors (Lipinski definition) is 0. The van der Waals surface area contributed by atoms with E-state index >= 15 is 0 Å². The van der Waals surface area contributed by atoms with E-state index in [0.29, 0.717) is 18.0 Å². The molecule has 0 atom stereocenters. The minimum Gasteiger partial charge on any atom is -0.207 e. The first kappa shape index (κ1) is 17.7. The van der Waals surface area contributed by atoms with E-state index in [0.717, 1.165) is 23.1 Å². The number of sulfonamides is 1. The topological polar surface area (TPSA) is 37.4 Å². The summed E-state index contributed by atoms with van der Waals surface area (Å²) in [5, 5.41) is 0. The van der Waals surface area contributed by atoms with Crippen molar-refractivity contribution in [2.24, 2.45) is 0 Å². The molecule has 0 bridgehead atoms. The SMILES string of the molecule is C=C1CN(S(=O)(=O)c2ccc(C)cc2)C/C1=C/C=C/CCCC. The summed E-state index contributed by atoms with van der Waals surface area (Å²) in [6, 6.07) is 6.98. The van der Waals surface area contributed by atoms with Gasteiger partial charge >= 0.3 is 0 Å². The van der Waals surface area contributed by atoms with Crippen molar-refractivity contribution >= 4 is 10.0 Å². The van der Waals surface area contributed by atoms with Crippen molar-refractivity contribution in [3.05, 3.63) is 65.8 Å². The summed E-state index contributed by atoms with van der Waals surface area (Å²) in [6.07, 6.45) is 9.53. The van der Waals surface area contributed by atoms with Crippen molar-refractivity contribution in [2.45, 2.75) is 38.0 Å². The van der Waals surface area contributed by atoms with Crippen LogP contribution in [0.1, 0.15) is 31.7 Å². The van der Waals surface area contributed by atoms with Crippen molar-refractivity contribution in [1.82, 2.24) is 4.31 Å². The highest BCUT2D eigenvalue weighted by molar-refractivity contribution is 7.89. The average Bonchev–Trinajstić information content (AvgIpc) is 2.89. The van der Waals surface area contributed by atoms with Crippen molar-refractivity contribution in [2.75, 3.05) is 13.1 Å². The maximum Gasteiger partial charge on any atom is 0.243 e. The fourth-order valence-corrected chi connectivity index (χ4v) is 3.89. The molecule has 1 heterocycles. The highest BCUT2D eigenvalue weighted by atomic mass is 32.2. The van der Waals surface area contributed by atoms with Crippen LogP contribution in [-0.2, 0) is 10.0 Å². The van der Waals surface area contributed by atoms with Crippen molar-refractivity contribution < 1.29 is 8.42 Å². The Bertz CT molecular complexity index is 712. The largest absolute Gasteiger partial charge is 0.243 e. The Morgan fingerprint density at radius 2 is 1.91 bits per heavy atom. The van der Waals surface area contributed by atoms with E-state index in [1.165, 1.54) is 17.1 Å². The van der Waals surface area contributed by atoms with Gasteiger partial charge in [0, 0.05) is 13.1 Å². The molecule has 1 fully saturated rings. The van der Waals surface area contributed by atoms with Crippen LogP contribution < -0.4 is 0 Å². The van der Waals surface area contributed by atoms with Crippen molar-refractivity contribution in [1.29, 1.82) is 0 Å². The van der Waals surface area contributed by atoms with E-state index in [9.17, 15) is 8.42 Å². The summed E-state index contributed by atoms with van der Waals surface area (Å²) >= 11 is 0. The van der Waals surface area contributed by atoms with Gasteiger partial charge in [0.25, 0.3) is 0 Å². The Hall–Kier alpha value is -1.65. The van der Waals surface area contributed by atoms with E-state index in [2.05, 4.69) is 19.6 Å². The summed E-state index contributed by atoms with van der Waals surface area (Å²) in [6.45, 7) is 8.89. The zero-order valence-electron chi connectivity index (χ0n) is 14.0. The normalized spacial score (nSPS) is 18.3. The second-order valence-electron chi connectivity index (χ2n) is 5.95. The minimum absolute atomic E-state index is 0.343. The summed E-state index contributed by atoms with van der Waals surface area (Å²) in [7, 11) is -3.45. The van der Waals surface area contributed by atoms with Gasteiger partial charge in [0.2, 0.25) is 10.0 Å². The predicted octanol–water partition coefficient (Wildman–Crippen LogP) is 4.23. The van der Waals surface area contributed by atoms with Gasteiger partial charge < -0.3 is 0 Å². The molecule has 0 spiro atoms. The molecule has 1 aliphatic rings. The molecular formula is C19H25NO2S. The number of hydrogen-bond acceptors (Lipinski definition) is 2. The van der Waals surface area contributed by atoms with E-state index in [-0.39, 0.29) is 0 Å². The monoisotopic (exact) mass is 331 g/mol. The second kappa shape index (κ2) is 7.75. The Morgan fingerprint density at radius 3 is 2.57 bits per heavy atom. The lowest BCUT2D eigenvalue weighted by Gasteiger charge is -2.15. The van der Waals surface area contributed by atoms with Gasteiger partial charge in [-0.25, -0.2) is 8.42 Å². The molecule has 0 amide bonds. The van der Waals surface area contributed by atoms with Crippen LogP contribution in [0.2, 0.25) is 0 Å². The zero-order valence-corrected chi connectivity index (χ0v) is 14.8. The summed E-state index contributed by atoms with van der Waals surface area (Å²) in [4.78, 5) is 0.343. The first-order chi connectivity index (χ1) is 10.9. The third-order valence-corrected chi connectivity index (χ3v) is 5.79. The fourth-order valence-electron chi connectivity index (χ4n) is 2.47. The highest BCUT2D eigenvalue weighted by Gasteiger charge is 2.31. The molecule has 3 nitrogen and oxygen atoms in total. The van der Waals surface area contributed by atoms with Crippen LogP contribution in [0, 0.1) is 6.92 Å². The number of allylic oxidation sites excluding steroid dienone is 3. The second-order valence-corrected chi connectivity index (χ2v) is 7.89. The lowest BCUT2D eigenvalue weighted by atomic mass is 10.1. The third kappa shape index (κ3) is 4.43. The van der Waals surface area contributed by atoms with Gasteiger partial charge in [-0.3, -0.25) is 0 Å². The van der Waals surface area contributed by atoms with E-state index in [1.54, 1.807) is 12.1 Å². The maximum absolute atomic E-state index is 12.7. The number of rotatable bonds is 6. The van der Waals surface area contributed by atoms with Crippen LogP contribution in [-0.4, -0.2) is 25.8 Å². The highest BCUT2D eigenvalue weighted by Crippen LogP contribution is 2.27. The number of unbranched alkanes of at least 4 members (excludes halogenated alkanes) is 2. The van der Waals surface area contributed by atoms with Crippen LogP contribution in [0.4, 0.5) is 0 Å². The van der Waals surface area contributed by atoms with Gasteiger partial charge in [0.1, 0.15) is 0 Å². The molecule has 1 aliphatic heterocycles. The van der Waals surface area contributed by atoms with Crippen molar-refractivity contribution in [3.8, 4) is 0 Å². The lowest BCUT2D eigenvalue weighted by Crippen LogP contribution is -2.28. The smallest absolute Gasteiger partial charge is 0.207 e. The summed E-state index contributed by atoms with van der Waals surface area (Å²) < 4.78 is 26.9. The molecule has 0 unspecified atom stereocenters. The van der Waals surface area contributed by atoms with Gasteiger partial charge in [0.05, 0.1) is 4.90 Å². The van der Waals surface area contributed by atoms with Crippen LogP contribution in [0.5, 0.6) is 0 Å². The molecule has 124 valence electrons. The first-order valence-corrected chi connectivity index (χ1v) is 9.50. The van der Waals surface area contributed by atoms with Crippen LogP contribution in [0.15, 0.2) is 65.1 Å². The van der Waals surface area contributed by atoms with Crippen molar-refractivity contribution in [3.63, 3.8) is 0 Å². The predicted molar refractivity (Wildman–Crippen MR) is 95.8 cm³/mol. The van der Waals surface area contributed by atoms with Crippen LogP contribution in [0.25, 0.3) is 0 Å². The fraction of sp³-hybridized carbons (Fsp3) is 0.368. The molecule has 4 heteroatoms. The van der Waals surface area contributed by atoms with Gasteiger partial charge in [-0.05, 0) is 36.6 Å². The van der Waals surface area contributed by atoms with Gasteiger partial charge in [-0.2, -0.15) is 4.31 Å². The molecule has 1 aromatic carbocycles. The van der Waals surface area contributed by atoms with Crippen LogP contribution in [0.3, 0.4) is 0 Å². The third-order valence-electron chi connectivity index (χ3n) is 3.98. The molecule has 0 aliphatic carbocycles. The Kier molecular flexibility index (Phi) is 5.97. The molecule has 0 N–H and O–H groups in total. The molecular weight excluding hydrogens is 306 g/mol. The van der Waals surface area contributed by atoms with E-state index in [4.69, 9.17) is 0 Å². The molecule has 2 rings (SSSR count). The quantitative estimate of drug-likeness (QED) is 0.732. The number of aryl methyl sites for hydroxylation is 1. The minimum atomic E-state index is -3.45. The summed E-state index contributed by atoms with van der Waals surface area (Å²) in [5.74, 6) is 0. The molecule has 1 saturated heterocycles. The van der Waals surface area contributed by atoms with Gasteiger partial charge in [0.15, 0.2) is 0 Å².